The Bertz CT molecular complexity index is 710. The van der Waals surface area contributed by atoms with Gasteiger partial charge in [0, 0.05) is 19.6 Å². The van der Waals surface area contributed by atoms with Gasteiger partial charge in [0.05, 0.1) is 12.2 Å². The van der Waals surface area contributed by atoms with Crippen LogP contribution in [0.2, 0.25) is 0 Å². The molecular formula is C20H24N2O3. The molecule has 0 bridgehead atoms. The van der Waals surface area contributed by atoms with Gasteiger partial charge in [-0.15, -0.1) is 0 Å². The van der Waals surface area contributed by atoms with Crippen molar-refractivity contribution in [3.8, 4) is 17.2 Å². The third-order valence-corrected chi connectivity index (χ3v) is 4.11. The van der Waals surface area contributed by atoms with Crippen LogP contribution in [0.15, 0.2) is 48.5 Å². The Hall–Kier alpha value is -2.53. The fourth-order valence-corrected chi connectivity index (χ4v) is 2.88. The molecule has 0 spiro atoms. The summed E-state index contributed by atoms with van der Waals surface area (Å²) in [7, 11) is 0. The summed E-state index contributed by atoms with van der Waals surface area (Å²) in [6.07, 6.45) is 0.960. The maximum atomic E-state index is 13.0. The van der Waals surface area contributed by atoms with Crippen LogP contribution in [0.3, 0.4) is 0 Å². The first-order chi connectivity index (χ1) is 12.3. The fourth-order valence-electron chi connectivity index (χ4n) is 2.88. The van der Waals surface area contributed by atoms with E-state index >= 15 is 0 Å². The zero-order valence-electron chi connectivity index (χ0n) is 14.5. The Balaban J connectivity index is 1.85. The van der Waals surface area contributed by atoms with Gasteiger partial charge in [-0.3, -0.25) is 4.79 Å². The molecule has 25 heavy (non-hydrogen) atoms. The number of amides is 1. The largest absolute Gasteiger partial charge is 0.490 e. The van der Waals surface area contributed by atoms with Gasteiger partial charge in [-0.1, -0.05) is 24.3 Å². The van der Waals surface area contributed by atoms with Crippen LogP contribution in [0.5, 0.6) is 17.2 Å². The molecule has 2 aromatic carbocycles. The monoisotopic (exact) mass is 340 g/mol. The molecule has 0 aliphatic carbocycles. The SMILES string of the molecule is CCOc1ccccc1Oc1ccccc1C(=O)N1CCCNCC1. The molecule has 1 aliphatic rings. The number of ether oxygens (including phenoxy) is 2. The highest BCUT2D eigenvalue weighted by molar-refractivity contribution is 5.97. The van der Waals surface area contributed by atoms with Crippen LogP contribution < -0.4 is 14.8 Å². The summed E-state index contributed by atoms with van der Waals surface area (Å²) < 4.78 is 11.7. The topological polar surface area (TPSA) is 50.8 Å². The number of carbonyl (C=O) groups excluding carboxylic acids is 1. The van der Waals surface area contributed by atoms with Gasteiger partial charge in [0.2, 0.25) is 0 Å². The van der Waals surface area contributed by atoms with Crippen molar-refractivity contribution in [2.75, 3.05) is 32.8 Å². The van der Waals surface area contributed by atoms with E-state index in [-0.39, 0.29) is 5.91 Å². The number of hydrogen-bond acceptors (Lipinski definition) is 4. The van der Waals surface area contributed by atoms with E-state index in [2.05, 4.69) is 5.32 Å². The van der Waals surface area contributed by atoms with Crippen molar-refractivity contribution < 1.29 is 14.3 Å². The molecule has 1 fully saturated rings. The number of benzene rings is 2. The summed E-state index contributed by atoms with van der Waals surface area (Å²) in [5, 5.41) is 3.32. The second-order valence-electron chi connectivity index (χ2n) is 5.87. The molecule has 1 heterocycles. The van der Waals surface area contributed by atoms with Gasteiger partial charge in [0.1, 0.15) is 5.75 Å². The molecular weight excluding hydrogens is 316 g/mol. The smallest absolute Gasteiger partial charge is 0.257 e. The van der Waals surface area contributed by atoms with Gasteiger partial charge < -0.3 is 19.7 Å². The lowest BCUT2D eigenvalue weighted by atomic mass is 10.1. The summed E-state index contributed by atoms with van der Waals surface area (Å²) in [6, 6.07) is 14.9. The van der Waals surface area contributed by atoms with E-state index in [0.717, 1.165) is 26.1 Å². The van der Waals surface area contributed by atoms with E-state index in [0.29, 0.717) is 36.0 Å². The molecule has 2 aromatic rings. The average molecular weight is 340 g/mol. The highest BCUT2D eigenvalue weighted by atomic mass is 16.5. The molecule has 0 unspecified atom stereocenters. The first-order valence-corrected chi connectivity index (χ1v) is 8.78. The third kappa shape index (κ3) is 4.31. The van der Waals surface area contributed by atoms with E-state index in [1.807, 2.05) is 60.4 Å². The van der Waals surface area contributed by atoms with Crippen molar-refractivity contribution in [3.05, 3.63) is 54.1 Å². The summed E-state index contributed by atoms with van der Waals surface area (Å²) in [6.45, 7) is 5.73. The first kappa shape index (κ1) is 17.3. The van der Waals surface area contributed by atoms with Gasteiger partial charge in [-0.05, 0) is 44.2 Å². The number of para-hydroxylation sites is 3. The quantitative estimate of drug-likeness (QED) is 0.907. The summed E-state index contributed by atoms with van der Waals surface area (Å²) in [5.41, 5.74) is 0.579. The van der Waals surface area contributed by atoms with E-state index in [1.54, 1.807) is 0 Å². The van der Waals surface area contributed by atoms with Gasteiger partial charge in [-0.2, -0.15) is 0 Å². The standard InChI is InChI=1S/C20H24N2O3/c1-2-24-18-10-5-6-11-19(18)25-17-9-4-3-8-16(17)20(23)22-14-7-12-21-13-15-22/h3-6,8-11,21H,2,7,12-15H2,1H3. The molecule has 1 amide bonds. The van der Waals surface area contributed by atoms with E-state index in [9.17, 15) is 4.79 Å². The number of carbonyl (C=O) groups is 1. The second-order valence-corrected chi connectivity index (χ2v) is 5.87. The van der Waals surface area contributed by atoms with Crippen molar-refractivity contribution in [3.63, 3.8) is 0 Å². The van der Waals surface area contributed by atoms with Crippen LogP contribution in [-0.2, 0) is 0 Å². The summed E-state index contributed by atoms with van der Waals surface area (Å²) in [5.74, 6) is 1.85. The second kappa shape index (κ2) is 8.53. The molecule has 3 rings (SSSR count). The molecule has 5 nitrogen and oxygen atoms in total. The third-order valence-electron chi connectivity index (χ3n) is 4.11. The molecule has 132 valence electrons. The lowest BCUT2D eigenvalue weighted by Gasteiger charge is -2.21. The van der Waals surface area contributed by atoms with Crippen molar-refractivity contribution in [1.82, 2.24) is 10.2 Å². The van der Waals surface area contributed by atoms with Crippen LogP contribution in [0.1, 0.15) is 23.7 Å². The fraction of sp³-hybridized carbons (Fsp3) is 0.350. The predicted octanol–water partition coefficient (Wildman–Crippen LogP) is 3.31. The van der Waals surface area contributed by atoms with Crippen molar-refractivity contribution in [1.29, 1.82) is 0 Å². The Morgan fingerprint density at radius 3 is 2.52 bits per heavy atom. The summed E-state index contributed by atoms with van der Waals surface area (Å²) in [4.78, 5) is 14.8. The highest BCUT2D eigenvalue weighted by Gasteiger charge is 2.21. The summed E-state index contributed by atoms with van der Waals surface area (Å²) >= 11 is 0. The number of hydrogen-bond donors (Lipinski definition) is 1. The minimum absolute atomic E-state index is 0.00758. The minimum atomic E-state index is 0.00758. The first-order valence-electron chi connectivity index (χ1n) is 8.78. The molecule has 1 aliphatic heterocycles. The molecule has 1 saturated heterocycles. The van der Waals surface area contributed by atoms with E-state index < -0.39 is 0 Å². The van der Waals surface area contributed by atoms with Gasteiger partial charge in [0.15, 0.2) is 11.5 Å². The van der Waals surface area contributed by atoms with Crippen molar-refractivity contribution in [2.45, 2.75) is 13.3 Å². The minimum Gasteiger partial charge on any atom is -0.490 e. The molecule has 0 aromatic heterocycles. The van der Waals surface area contributed by atoms with Gasteiger partial charge >= 0.3 is 0 Å². The molecule has 5 heteroatoms. The number of nitrogens with one attached hydrogen (secondary N) is 1. The Kier molecular flexibility index (Phi) is 5.90. The van der Waals surface area contributed by atoms with Crippen LogP contribution in [0, 0.1) is 0 Å². The molecule has 0 saturated carbocycles. The van der Waals surface area contributed by atoms with Crippen LogP contribution >= 0.6 is 0 Å². The molecule has 1 N–H and O–H groups in total. The Morgan fingerprint density at radius 1 is 1.00 bits per heavy atom. The predicted molar refractivity (Wildman–Crippen MR) is 97.5 cm³/mol. The molecule has 0 radical (unpaired) electrons. The van der Waals surface area contributed by atoms with E-state index in [1.165, 1.54) is 0 Å². The Morgan fingerprint density at radius 2 is 1.72 bits per heavy atom. The van der Waals surface area contributed by atoms with Crippen LogP contribution in [0.4, 0.5) is 0 Å². The molecule has 0 atom stereocenters. The zero-order valence-corrected chi connectivity index (χ0v) is 14.5. The number of rotatable bonds is 5. The van der Waals surface area contributed by atoms with Crippen molar-refractivity contribution >= 4 is 5.91 Å². The van der Waals surface area contributed by atoms with Crippen molar-refractivity contribution in [2.24, 2.45) is 0 Å². The lowest BCUT2D eigenvalue weighted by Crippen LogP contribution is -2.34. The van der Waals surface area contributed by atoms with Gasteiger partial charge in [-0.25, -0.2) is 0 Å². The number of nitrogens with zero attached hydrogens (tertiary/aromatic N) is 1. The average Bonchev–Trinajstić information content (AvgIpc) is 2.93. The zero-order chi connectivity index (χ0) is 17.5. The normalized spacial score (nSPS) is 14.7. The maximum absolute atomic E-state index is 13.0. The highest BCUT2D eigenvalue weighted by Crippen LogP contribution is 2.33. The maximum Gasteiger partial charge on any atom is 0.257 e. The van der Waals surface area contributed by atoms with Crippen LogP contribution in [-0.4, -0.2) is 43.6 Å². The Labute approximate surface area is 148 Å². The van der Waals surface area contributed by atoms with Crippen LogP contribution in [0.25, 0.3) is 0 Å². The van der Waals surface area contributed by atoms with Gasteiger partial charge in [0.25, 0.3) is 5.91 Å². The lowest BCUT2D eigenvalue weighted by molar-refractivity contribution is 0.0763. The van der Waals surface area contributed by atoms with E-state index in [4.69, 9.17) is 9.47 Å².